The Bertz CT molecular complexity index is 1250. The lowest BCUT2D eigenvalue weighted by Crippen LogP contribution is -2.34. The van der Waals surface area contributed by atoms with Crippen LogP contribution in [0, 0.1) is 6.92 Å². The predicted octanol–water partition coefficient (Wildman–Crippen LogP) is 6.35. The van der Waals surface area contributed by atoms with Gasteiger partial charge in [-0.05, 0) is 52.3 Å². The van der Waals surface area contributed by atoms with Crippen molar-refractivity contribution < 1.29 is 18.4 Å². The largest absolute Gasteiger partial charge is 0.543 e. The van der Waals surface area contributed by atoms with E-state index in [-0.39, 0.29) is 11.6 Å². The Hall–Kier alpha value is -2.71. The summed E-state index contributed by atoms with van der Waals surface area (Å²) >= 11 is 0. The van der Waals surface area contributed by atoms with Gasteiger partial charge in [0.25, 0.3) is 0 Å². The molecule has 0 spiro atoms. The number of hydrogen-bond donors (Lipinski definition) is 0. The van der Waals surface area contributed by atoms with Gasteiger partial charge in [0, 0.05) is 21.9 Å². The van der Waals surface area contributed by atoms with E-state index in [1.807, 2.05) is 37.3 Å². The number of ketones is 2. The Kier molecular flexibility index (Phi) is 4.98. The van der Waals surface area contributed by atoms with E-state index in [9.17, 15) is 9.59 Å². The summed E-state index contributed by atoms with van der Waals surface area (Å²) in [6.45, 7) is 14.4. The maximum atomic E-state index is 13.8. The van der Waals surface area contributed by atoms with E-state index in [4.69, 9.17) is 8.85 Å². The third-order valence-corrected chi connectivity index (χ3v) is 6.69. The molecule has 0 aromatic heterocycles. The molecule has 0 amide bonds. The Morgan fingerprint density at radius 3 is 1.55 bits per heavy atom. The molecule has 3 aromatic rings. The van der Waals surface area contributed by atoms with E-state index in [0.29, 0.717) is 33.8 Å². The van der Waals surface area contributed by atoms with Gasteiger partial charge in [-0.1, -0.05) is 42.0 Å². The molecular weight excluding hydrogens is 420 g/mol. The van der Waals surface area contributed by atoms with Gasteiger partial charge in [0.1, 0.15) is 11.5 Å². The van der Waals surface area contributed by atoms with Crippen molar-refractivity contribution in [2.24, 2.45) is 0 Å². The van der Waals surface area contributed by atoms with Crippen molar-refractivity contribution in [2.75, 3.05) is 0 Å². The zero-order valence-electron chi connectivity index (χ0n) is 19.2. The second-order valence-corrected chi connectivity index (χ2v) is 18.9. The average molecular weight is 449 g/mol. The molecule has 4 rings (SSSR count). The molecule has 3 aromatic carbocycles. The Morgan fingerprint density at radius 2 is 1.10 bits per heavy atom. The van der Waals surface area contributed by atoms with Crippen LogP contribution in [0.25, 0.3) is 10.8 Å². The Labute approximate surface area is 185 Å². The zero-order valence-corrected chi connectivity index (χ0v) is 21.2. The van der Waals surface area contributed by atoms with Crippen LogP contribution < -0.4 is 8.85 Å². The first kappa shape index (κ1) is 21.5. The SMILES string of the molecule is Cc1ccc2c(c1)C(=O)c1c(c(O[Si](C)(C)C)c3ccccc3c1O[Si](C)(C)C)C2=O. The molecule has 0 bridgehead atoms. The van der Waals surface area contributed by atoms with Crippen LogP contribution in [-0.2, 0) is 0 Å². The van der Waals surface area contributed by atoms with Crippen LogP contribution in [0.15, 0.2) is 42.5 Å². The van der Waals surface area contributed by atoms with E-state index in [1.54, 1.807) is 12.1 Å². The van der Waals surface area contributed by atoms with E-state index < -0.39 is 16.6 Å². The molecule has 0 saturated carbocycles. The quantitative estimate of drug-likeness (QED) is 0.341. The number of aryl methyl sites for hydroxylation is 1. The van der Waals surface area contributed by atoms with E-state index in [0.717, 1.165) is 16.3 Å². The lowest BCUT2D eigenvalue weighted by Gasteiger charge is -2.31. The standard InChI is InChI=1S/C25H28O4Si2/c1-15-12-13-16-19(14-15)23(27)21-20(22(16)26)24(28-30(2,3)4)17-10-8-9-11-18(17)25(21)29-31(5,6)7/h8-14H,1-7H3. The van der Waals surface area contributed by atoms with Crippen molar-refractivity contribution in [3.63, 3.8) is 0 Å². The number of fused-ring (bicyclic) bond motifs is 3. The molecule has 0 aliphatic heterocycles. The molecule has 0 saturated heterocycles. The number of benzene rings is 3. The maximum absolute atomic E-state index is 13.8. The smallest absolute Gasteiger partial charge is 0.242 e. The fourth-order valence-corrected chi connectivity index (χ4v) is 5.60. The predicted molar refractivity (Wildman–Crippen MR) is 130 cm³/mol. The van der Waals surface area contributed by atoms with Gasteiger partial charge in [0.05, 0.1) is 11.1 Å². The minimum absolute atomic E-state index is 0.173. The highest BCUT2D eigenvalue weighted by Gasteiger charge is 2.39. The zero-order chi connectivity index (χ0) is 22.7. The van der Waals surface area contributed by atoms with Gasteiger partial charge in [-0.3, -0.25) is 9.59 Å². The summed E-state index contributed by atoms with van der Waals surface area (Å²) in [5, 5.41) is 1.63. The van der Waals surface area contributed by atoms with Crippen molar-refractivity contribution in [2.45, 2.75) is 46.2 Å². The first-order chi connectivity index (χ1) is 14.4. The van der Waals surface area contributed by atoms with Crippen molar-refractivity contribution >= 4 is 39.0 Å². The molecule has 4 nitrogen and oxygen atoms in total. The molecule has 160 valence electrons. The number of carbonyl (C=O) groups is 2. The minimum Gasteiger partial charge on any atom is -0.543 e. The topological polar surface area (TPSA) is 52.6 Å². The van der Waals surface area contributed by atoms with Crippen molar-refractivity contribution in [1.29, 1.82) is 0 Å². The summed E-state index contributed by atoms with van der Waals surface area (Å²) in [5.74, 6) is 0.673. The third kappa shape index (κ3) is 3.86. The molecule has 1 aliphatic carbocycles. The monoisotopic (exact) mass is 448 g/mol. The summed E-state index contributed by atoms with van der Waals surface area (Å²) < 4.78 is 13.0. The Balaban J connectivity index is 2.17. The van der Waals surface area contributed by atoms with Crippen molar-refractivity contribution in [3.8, 4) is 11.5 Å². The molecule has 0 atom stereocenters. The second-order valence-electron chi connectivity index (χ2n) is 10.1. The lowest BCUT2D eigenvalue weighted by molar-refractivity contribution is 0.0976. The van der Waals surface area contributed by atoms with E-state index in [2.05, 4.69) is 39.3 Å². The van der Waals surface area contributed by atoms with Crippen LogP contribution in [-0.4, -0.2) is 28.2 Å². The van der Waals surface area contributed by atoms with Gasteiger partial charge < -0.3 is 8.85 Å². The summed E-state index contributed by atoms with van der Waals surface area (Å²) in [7, 11) is -4.18. The third-order valence-electron chi connectivity index (χ3n) is 5.06. The first-order valence-electron chi connectivity index (χ1n) is 10.5. The van der Waals surface area contributed by atoms with E-state index >= 15 is 0 Å². The highest BCUT2D eigenvalue weighted by Crippen LogP contribution is 2.46. The van der Waals surface area contributed by atoms with E-state index in [1.165, 1.54) is 0 Å². The van der Waals surface area contributed by atoms with Crippen LogP contribution in [0.1, 0.15) is 37.4 Å². The number of carbonyl (C=O) groups excluding carboxylic acids is 2. The average Bonchev–Trinajstić information content (AvgIpc) is 2.65. The molecule has 0 heterocycles. The lowest BCUT2D eigenvalue weighted by atomic mass is 9.81. The van der Waals surface area contributed by atoms with Gasteiger partial charge in [-0.2, -0.15) is 0 Å². The maximum Gasteiger partial charge on any atom is 0.242 e. The van der Waals surface area contributed by atoms with Crippen LogP contribution in [0.5, 0.6) is 11.5 Å². The molecule has 1 aliphatic rings. The summed E-state index contributed by atoms with van der Waals surface area (Å²) in [6, 6.07) is 13.2. The molecule has 31 heavy (non-hydrogen) atoms. The normalized spacial score (nSPS) is 13.8. The highest BCUT2D eigenvalue weighted by molar-refractivity contribution is 6.71. The molecular formula is C25H28O4Si2. The first-order valence-corrected chi connectivity index (χ1v) is 17.4. The molecule has 0 radical (unpaired) electrons. The van der Waals surface area contributed by atoms with Crippen molar-refractivity contribution in [3.05, 3.63) is 70.3 Å². The number of hydrogen-bond acceptors (Lipinski definition) is 4. The second kappa shape index (κ2) is 7.17. The van der Waals surface area contributed by atoms with Crippen molar-refractivity contribution in [1.82, 2.24) is 0 Å². The minimum atomic E-state index is -2.09. The van der Waals surface area contributed by atoms with Crippen LogP contribution in [0.4, 0.5) is 0 Å². The molecule has 0 unspecified atom stereocenters. The fourth-order valence-electron chi connectivity index (χ4n) is 3.95. The van der Waals surface area contributed by atoms with Crippen LogP contribution in [0.3, 0.4) is 0 Å². The van der Waals surface area contributed by atoms with Gasteiger partial charge >= 0.3 is 0 Å². The Morgan fingerprint density at radius 1 is 0.645 bits per heavy atom. The fraction of sp³-hybridized carbons (Fsp3) is 0.280. The van der Waals surface area contributed by atoms with Gasteiger partial charge in [-0.25, -0.2) is 0 Å². The molecule has 0 fully saturated rings. The van der Waals surface area contributed by atoms with Crippen LogP contribution >= 0.6 is 0 Å². The van der Waals surface area contributed by atoms with Gasteiger partial charge in [0.15, 0.2) is 11.6 Å². The van der Waals surface area contributed by atoms with Crippen LogP contribution in [0.2, 0.25) is 39.3 Å². The summed E-state index contributed by atoms with van der Waals surface area (Å²) in [6.07, 6.45) is 0. The van der Waals surface area contributed by atoms with Gasteiger partial charge in [-0.15, -0.1) is 0 Å². The number of rotatable bonds is 4. The summed E-state index contributed by atoms with van der Waals surface area (Å²) in [5.41, 5.74) is 2.49. The molecule has 6 heteroatoms. The summed E-state index contributed by atoms with van der Waals surface area (Å²) in [4.78, 5) is 27.6. The molecule has 0 N–H and O–H groups in total. The van der Waals surface area contributed by atoms with Gasteiger partial charge in [0.2, 0.25) is 16.6 Å². The highest BCUT2D eigenvalue weighted by atomic mass is 28.4.